The van der Waals surface area contributed by atoms with Crippen LogP contribution in [-0.2, 0) is 0 Å². The number of benzene rings is 1. The number of hydrogen-bond donors (Lipinski definition) is 3. The van der Waals surface area contributed by atoms with Crippen LogP contribution in [0.15, 0.2) is 18.2 Å². The first-order valence-electron chi connectivity index (χ1n) is 6.10. The summed E-state index contributed by atoms with van der Waals surface area (Å²) in [5.74, 6) is 0. The molecule has 0 spiro atoms. The lowest BCUT2D eigenvalue weighted by Gasteiger charge is -2.47. The maximum atomic E-state index is 5.79. The summed E-state index contributed by atoms with van der Waals surface area (Å²) in [6.45, 7) is 0.962. The van der Waals surface area contributed by atoms with Gasteiger partial charge in [-0.05, 0) is 51.6 Å². The zero-order valence-corrected chi connectivity index (χ0v) is 10.7. The van der Waals surface area contributed by atoms with Crippen molar-refractivity contribution in [3.05, 3.63) is 18.2 Å². The van der Waals surface area contributed by atoms with Gasteiger partial charge in [0.15, 0.2) is 0 Å². The van der Waals surface area contributed by atoms with Gasteiger partial charge in [0.1, 0.15) is 0 Å². The van der Waals surface area contributed by atoms with Crippen LogP contribution >= 0.6 is 0 Å². The number of rotatable bonds is 4. The summed E-state index contributed by atoms with van der Waals surface area (Å²) < 4.78 is 0. The average molecular weight is 234 g/mol. The van der Waals surface area contributed by atoms with Crippen molar-refractivity contribution < 1.29 is 0 Å². The van der Waals surface area contributed by atoms with E-state index in [9.17, 15) is 0 Å². The number of anilines is 3. The molecule has 0 unspecified atom stereocenters. The first-order valence-corrected chi connectivity index (χ1v) is 6.10. The summed E-state index contributed by atoms with van der Waals surface area (Å²) in [5, 5.41) is 3.46. The fraction of sp³-hybridized carbons (Fsp3) is 0.538. The molecule has 1 aliphatic carbocycles. The van der Waals surface area contributed by atoms with Gasteiger partial charge in [-0.25, -0.2) is 0 Å². The minimum atomic E-state index is 0.316. The lowest BCUT2D eigenvalue weighted by molar-refractivity contribution is 0.0739. The maximum Gasteiger partial charge on any atom is 0.0568 e. The number of likely N-dealkylation sites (N-methyl/N-ethyl adjacent to an activating group) is 1. The van der Waals surface area contributed by atoms with E-state index in [4.69, 9.17) is 11.5 Å². The summed E-state index contributed by atoms with van der Waals surface area (Å²) in [6.07, 6.45) is 3.85. The molecule has 4 nitrogen and oxygen atoms in total. The normalized spacial score (nSPS) is 17.8. The highest BCUT2D eigenvalue weighted by Gasteiger charge is 2.38. The number of nitrogens with zero attached hydrogens (tertiary/aromatic N) is 1. The molecule has 0 radical (unpaired) electrons. The Morgan fingerprint density at radius 2 is 1.94 bits per heavy atom. The van der Waals surface area contributed by atoms with Gasteiger partial charge in [0.25, 0.3) is 0 Å². The third-order valence-corrected chi connectivity index (χ3v) is 3.94. The van der Waals surface area contributed by atoms with Crippen molar-refractivity contribution in [3.63, 3.8) is 0 Å². The standard InChI is InChI=1S/C13H22N4/c1-17(2)13(6-3-7-13)9-16-10-4-5-11(14)12(15)8-10/h4-5,8,16H,3,6-7,9,14-15H2,1-2H3. The fourth-order valence-electron chi connectivity index (χ4n) is 2.32. The Hall–Kier alpha value is -1.42. The van der Waals surface area contributed by atoms with E-state index in [0.717, 1.165) is 12.2 Å². The molecule has 1 aromatic rings. The van der Waals surface area contributed by atoms with E-state index in [2.05, 4.69) is 24.3 Å². The molecule has 4 heteroatoms. The summed E-state index contributed by atoms with van der Waals surface area (Å²) in [5.41, 5.74) is 14.1. The number of nitrogens with two attached hydrogens (primary N) is 2. The second-order valence-corrected chi connectivity index (χ2v) is 5.17. The monoisotopic (exact) mass is 234 g/mol. The molecule has 1 aliphatic rings. The third-order valence-electron chi connectivity index (χ3n) is 3.94. The van der Waals surface area contributed by atoms with Gasteiger partial charge in [0.2, 0.25) is 0 Å². The second kappa shape index (κ2) is 4.45. The Morgan fingerprint density at radius 1 is 1.24 bits per heavy atom. The second-order valence-electron chi connectivity index (χ2n) is 5.17. The molecule has 94 valence electrons. The first kappa shape index (κ1) is 12.0. The van der Waals surface area contributed by atoms with Gasteiger partial charge in [-0.1, -0.05) is 0 Å². The number of hydrogen-bond acceptors (Lipinski definition) is 4. The molecule has 0 amide bonds. The van der Waals surface area contributed by atoms with Crippen molar-refractivity contribution in [2.75, 3.05) is 37.4 Å². The van der Waals surface area contributed by atoms with Gasteiger partial charge in [0.05, 0.1) is 11.4 Å². The van der Waals surface area contributed by atoms with Gasteiger partial charge >= 0.3 is 0 Å². The summed E-state index contributed by atoms with van der Waals surface area (Å²) in [6, 6.07) is 5.73. The van der Waals surface area contributed by atoms with Crippen molar-refractivity contribution in [1.82, 2.24) is 4.90 Å². The molecule has 5 N–H and O–H groups in total. The molecule has 0 heterocycles. The first-order chi connectivity index (χ1) is 8.03. The van der Waals surface area contributed by atoms with E-state index in [1.54, 1.807) is 0 Å². The van der Waals surface area contributed by atoms with Crippen LogP contribution in [0.5, 0.6) is 0 Å². The van der Waals surface area contributed by atoms with Crippen LogP contribution < -0.4 is 16.8 Å². The minimum absolute atomic E-state index is 0.316. The van der Waals surface area contributed by atoms with E-state index in [0.29, 0.717) is 16.9 Å². The molecular formula is C13H22N4. The average Bonchev–Trinajstić information content (AvgIpc) is 2.21. The van der Waals surface area contributed by atoms with E-state index in [-0.39, 0.29) is 0 Å². The predicted molar refractivity (Wildman–Crippen MR) is 74.0 cm³/mol. The largest absolute Gasteiger partial charge is 0.397 e. The summed E-state index contributed by atoms with van der Waals surface area (Å²) >= 11 is 0. The molecule has 2 rings (SSSR count). The predicted octanol–water partition coefficient (Wildman–Crippen LogP) is 1.75. The van der Waals surface area contributed by atoms with Crippen molar-refractivity contribution in [1.29, 1.82) is 0 Å². The van der Waals surface area contributed by atoms with Crippen LogP contribution in [0.1, 0.15) is 19.3 Å². The van der Waals surface area contributed by atoms with Crippen LogP contribution in [0.4, 0.5) is 17.1 Å². The molecule has 1 saturated carbocycles. The molecular weight excluding hydrogens is 212 g/mol. The van der Waals surface area contributed by atoms with E-state index in [1.165, 1.54) is 19.3 Å². The van der Waals surface area contributed by atoms with E-state index in [1.807, 2.05) is 18.2 Å². The fourth-order valence-corrected chi connectivity index (χ4v) is 2.32. The van der Waals surface area contributed by atoms with Crippen LogP contribution in [0.3, 0.4) is 0 Å². The van der Waals surface area contributed by atoms with Crippen LogP contribution in [0, 0.1) is 0 Å². The minimum Gasteiger partial charge on any atom is -0.397 e. The van der Waals surface area contributed by atoms with Gasteiger partial charge in [-0.2, -0.15) is 0 Å². The molecule has 0 saturated heterocycles. The zero-order chi connectivity index (χ0) is 12.5. The lowest BCUT2D eigenvalue weighted by Crippen LogP contribution is -2.54. The Kier molecular flexibility index (Phi) is 3.15. The SMILES string of the molecule is CN(C)C1(CNc2ccc(N)c(N)c2)CCC1. The topological polar surface area (TPSA) is 67.3 Å². The van der Waals surface area contributed by atoms with Crippen LogP contribution in [0.2, 0.25) is 0 Å². The Labute approximate surface area is 103 Å². The van der Waals surface area contributed by atoms with Crippen LogP contribution in [-0.4, -0.2) is 31.1 Å². The highest BCUT2D eigenvalue weighted by atomic mass is 15.2. The maximum absolute atomic E-state index is 5.79. The van der Waals surface area contributed by atoms with Crippen LogP contribution in [0.25, 0.3) is 0 Å². The summed E-state index contributed by atoms with van der Waals surface area (Å²) in [7, 11) is 4.30. The third kappa shape index (κ3) is 2.31. The molecule has 17 heavy (non-hydrogen) atoms. The molecule has 1 aromatic carbocycles. The smallest absolute Gasteiger partial charge is 0.0568 e. The van der Waals surface area contributed by atoms with E-state index < -0.39 is 0 Å². The Morgan fingerprint density at radius 3 is 2.41 bits per heavy atom. The van der Waals surface area contributed by atoms with Gasteiger partial charge in [-0.15, -0.1) is 0 Å². The molecule has 0 aromatic heterocycles. The van der Waals surface area contributed by atoms with Gasteiger partial charge in [0, 0.05) is 17.8 Å². The summed E-state index contributed by atoms with van der Waals surface area (Å²) in [4.78, 5) is 2.32. The number of nitrogens with one attached hydrogen (secondary N) is 1. The lowest BCUT2D eigenvalue weighted by atomic mass is 9.75. The molecule has 0 aliphatic heterocycles. The molecule has 1 fully saturated rings. The van der Waals surface area contributed by atoms with Crippen molar-refractivity contribution in [2.45, 2.75) is 24.8 Å². The zero-order valence-electron chi connectivity index (χ0n) is 10.7. The number of nitrogen functional groups attached to an aromatic ring is 2. The van der Waals surface area contributed by atoms with Crippen molar-refractivity contribution in [3.8, 4) is 0 Å². The molecule has 0 atom stereocenters. The van der Waals surface area contributed by atoms with Gasteiger partial charge < -0.3 is 21.7 Å². The van der Waals surface area contributed by atoms with Crippen molar-refractivity contribution >= 4 is 17.1 Å². The van der Waals surface area contributed by atoms with Gasteiger partial charge in [-0.3, -0.25) is 0 Å². The Balaban J connectivity index is 1.99. The highest BCUT2D eigenvalue weighted by Crippen LogP contribution is 2.36. The van der Waals surface area contributed by atoms with Crippen molar-refractivity contribution in [2.24, 2.45) is 0 Å². The quantitative estimate of drug-likeness (QED) is 0.694. The molecule has 0 bridgehead atoms. The van der Waals surface area contributed by atoms with E-state index >= 15 is 0 Å². The highest BCUT2D eigenvalue weighted by molar-refractivity contribution is 5.69. The Bertz CT molecular complexity index is 396.